The van der Waals surface area contributed by atoms with E-state index < -0.39 is 11.5 Å². The molecule has 124 valence electrons. The van der Waals surface area contributed by atoms with Gasteiger partial charge in [0.2, 0.25) is 0 Å². The molecule has 1 aliphatic rings. The average molecular weight is 300 g/mol. The molecular weight excluding hydrogens is 268 g/mol. The number of hydrogen-bond donors (Lipinski definition) is 2. The molecule has 0 spiro atoms. The van der Waals surface area contributed by atoms with Crippen molar-refractivity contribution in [1.29, 1.82) is 0 Å². The van der Waals surface area contributed by atoms with Crippen LogP contribution in [0.15, 0.2) is 0 Å². The fraction of sp³-hybridized carbons (Fsp3) is 0.938. The summed E-state index contributed by atoms with van der Waals surface area (Å²) in [4.78, 5) is 13.7. The van der Waals surface area contributed by atoms with Crippen molar-refractivity contribution in [2.24, 2.45) is 5.92 Å². The fourth-order valence-electron chi connectivity index (χ4n) is 2.56. The van der Waals surface area contributed by atoms with Crippen LogP contribution in [-0.4, -0.2) is 60.4 Å². The number of carbonyl (C=O) groups is 1. The highest BCUT2D eigenvalue weighted by atomic mass is 16.5. The first-order chi connectivity index (χ1) is 9.74. The minimum absolute atomic E-state index is 0.144. The van der Waals surface area contributed by atoms with Crippen LogP contribution in [0.1, 0.15) is 47.0 Å². The summed E-state index contributed by atoms with van der Waals surface area (Å²) in [5.74, 6) is -0.000272. The van der Waals surface area contributed by atoms with Crippen LogP contribution in [0, 0.1) is 5.92 Å². The van der Waals surface area contributed by atoms with Gasteiger partial charge in [-0.2, -0.15) is 0 Å². The Morgan fingerprint density at radius 3 is 2.52 bits per heavy atom. The highest BCUT2D eigenvalue weighted by molar-refractivity contribution is 5.78. The second-order valence-corrected chi connectivity index (χ2v) is 6.99. The van der Waals surface area contributed by atoms with Gasteiger partial charge in [0.05, 0.1) is 6.61 Å². The smallest absolute Gasteiger partial charge is 0.323 e. The van der Waals surface area contributed by atoms with Gasteiger partial charge < -0.3 is 14.7 Å². The fourth-order valence-corrected chi connectivity index (χ4v) is 2.56. The van der Waals surface area contributed by atoms with Gasteiger partial charge in [-0.05, 0) is 59.9 Å². The first-order valence-electron chi connectivity index (χ1n) is 8.03. The van der Waals surface area contributed by atoms with Crippen LogP contribution in [0.25, 0.3) is 0 Å². The summed E-state index contributed by atoms with van der Waals surface area (Å²) in [7, 11) is 2.03. The molecule has 0 aliphatic heterocycles. The molecule has 0 amide bonds. The molecule has 0 bridgehead atoms. The lowest BCUT2D eigenvalue weighted by Gasteiger charge is -2.34. The van der Waals surface area contributed by atoms with Gasteiger partial charge in [0.15, 0.2) is 0 Å². The lowest BCUT2D eigenvalue weighted by atomic mass is 9.92. The van der Waals surface area contributed by atoms with Crippen molar-refractivity contribution in [2.75, 3.05) is 26.8 Å². The summed E-state index contributed by atoms with van der Waals surface area (Å²) in [5, 5.41) is 12.7. The molecule has 0 saturated heterocycles. The molecule has 0 aromatic carbocycles. The van der Waals surface area contributed by atoms with E-state index in [-0.39, 0.29) is 12.1 Å². The highest BCUT2D eigenvalue weighted by Gasteiger charge is 2.35. The molecule has 21 heavy (non-hydrogen) atoms. The topological polar surface area (TPSA) is 61.8 Å². The van der Waals surface area contributed by atoms with Crippen molar-refractivity contribution in [2.45, 2.75) is 64.6 Å². The first-order valence-corrected chi connectivity index (χ1v) is 8.03. The van der Waals surface area contributed by atoms with Gasteiger partial charge in [-0.1, -0.05) is 0 Å². The molecule has 5 nitrogen and oxygen atoms in total. The SMILES string of the molecule is CC(C)NC(C)(CC(C)N(C)CCOCC1CC1)C(=O)O. The molecule has 1 fully saturated rings. The van der Waals surface area contributed by atoms with Crippen LogP contribution in [0.5, 0.6) is 0 Å². The van der Waals surface area contributed by atoms with Crippen LogP contribution >= 0.6 is 0 Å². The van der Waals surface area contributed by atoms with E-state index in [0.717, 1.165) is 25.7 Å². The zero-order chi connectivity index (χ0) is 16.0. The number of nitrogens with one attached hydrogen (secondary N) is 1. The Labute approximate surface area is 129 Å². The molecule has 1 aliphatic carbocycles. The van der Waals surface area contributed by atoms with Crippen molar-refractivity contribution in [3.8, 4) is 0 Å². The summed E-state index contributed by atoms with van der Waals surface area (Å²) in [5.41, 5.74) is -0.892. The summed E-state index contributed by atoms with van der Waals surface area (Å²) in [6.45, 7) is 10.2. The maximum Gasteiger partial charge on any atom is 0.323 e. The van der Waals surface area contributed by atoms with Gasteiger partial charge in [0, 0.05) is 25.2 Å². The van der Waals surface area contributed by atoms with Crippen LogP contribution in [0.3, 0.4) is 0 Å². The Morgan fingerprint density at radius 1 is 1.43 bits per heavy atom. The number of rotatable bonds is 11. The quantitative estimate of drug-likeness (QED) is 0.571. The predicted octanol–water partition coefficient (Wildman–Crippen LogP) is 1.96. The van der Waals surface area contributed by atoms with Crippen molar-refractivity contribution in [1.82, 2.24) is 10.2 Å². The standard InChI is InChI=1S/C16H32N2O3/c1-12(2)17-16(4,15(19)20)10-13(3)18(5)8-9-21-11-14-6-7-14/h12-14,17H,6-11H2,1-5H3,(H,19,20). The number of carboxylic acid groups (broad SMARTS) is 1. The average Bonchev–Trinajstić information content (AvgIpc) is 3.16. The largest absolute Gasteiger partial charge is 0.480 e. The van der Waals surface area contributed by atoms with Crippen molar-refractivity contribution in [3.05, 3.63) is 0 Å². The van der Waals surface area contributed by atoms with Crippen LogP contribution in [0.2, 0.25) is 0 Å². The van der Waals surface area contributed by atoms with Gasteiger partial charge in [-0.25, -0.2) is 0 Å². The van der Waals surface area contributed by atoms with E-state index in [1.807, 2.05) is 20.9 Å². The molecule has 2 unspecified atom stereocenters. The van der Waals surface area contributed by atoms with Gasteiger partial charge in [0.25, 0.3) is 0 Å². The number of aliphatic carboxylic acids is 1. The monoisotopic (exact) mass is 300 g/mol. The number of carboxylic acids is 1. The van der Waals surface area contributed by atoms with E-state index in [9.17, 15) is 9.90 Å². The maximum absolute atomic E-state index is 11.6. The van der Waals surface area contributed by atoms with E-state index in [1.54, 1.807) is 6.92 Å². The lowest BCUT2D eigenvalue weighted by Crippen LogP contribution is -2.55. The van der Waals surface area contributed by atoms with E-state index in [0.29, 0.717) is 6.42 Å². The summed E-state index contributed by atoms with van der Waals surface area (Å²) in [6.07, 6.45) is 3.19. The highest BCUT2D eigenvalue weighted by Crippen LogP contribution is 2.28. The Kier molecular flexibility index (Phi) is 7.10. The normalized spacial score (nSPS) is 19.8. The van der Waals surface area contributed by atoms with Crippen molar-refractivity contribution < 1.29 is 14.6 Å². The summed E-state index contributed by atoms with van der Waals surface area (Å²) >= 11 is 0. The van der Waals surface area contributed by atoms with Crippen molar-refractivity contribution >= 4 is 5.97 Å². The summed E-state index contributed by atoms with van der Waals surface area (Å²) < 4.78 is 5.65. The predicted molar refractivity (Wildman–Crippen MR) is 84.6 cm³/mol. The molecule has 0 aromatic rings. The molecular formula is C16H32N2O3. The van der Waals surface area contributed by atoms with Crippen LogP contribution in [0.4, 0.5) is 0 Å². The molecule has 0 radical (unpaired) electrons. The van der Waals surface area contributed by atoms with Gasteiger partial charge in [0.1, 0.15) is 5.54 Å². The molecule has 5 heteroatoms. The zero-order valence-electron chi connectivity index (χ0n) is 14.2. The zero-order valence-corrected chi connectivity index (χ0v) is 14.2. The molecule has 2 atom stereocenters. The maximum atomic E-state index is 11.6. The van der Waals surface area contributed by atoms with Crippen LogP contribution < -0.4 is 5.32 Å². The number of ether oxygens (including phenoxy) is 1. The van der Waals surface area contributed by atoms with Gasteiger partial charge in [-0.15, -0.1) is 0 Å². The Bertz CT molecular complexity index is 331. The van der Waals surface area contributed by atoms with Gasteiger partial charge in [-0.3, -0.25) is 10.1 Å². The van der Waals surface area contributed by atoms with E-state index in [1.165, 1.54) is 12.8 Å². The molecule has 2 N–H and O–H groups in total. The third kappa shape index (κ3) is 6.76. The van der Waals surface area contributed by atoms with E-state index >= 15 is 0 Å². The minimum atomic E-state index is -0.892. The second kappa shape index (κ2) is 8.11. The molecule has 0 aromatic heterocycles. The third-order valence-electron chi connectivity index (χ3n) is 4.17. The second-order valence-electron chi connectivity index (χ2n) is 6.99. The Balaban J connectivity index is 2.35. The Morgan fingerprint density at radius 2 is 2.05 bits per heavy atom. The lowest BCUT2D eigenvalue weighted by molar-refractivity contribution is -0.145. The van der Waals surface area contributed by atoms with Crippen LogP contribution in [-0.2, 0) is 9.53 Å². The number of likely N-dealkylation sites (N-methyl/N-ethyl adjacent to an activating group) is 1. The first kappa shape index (κ1) is 18.4. The third-order valence-corrected chi connectivity index (χ3v) is 4.17. The van der Waals surface area contributed by atoms with Crippen molar-refractivity contribution in [3.63, 3.8) is 0 Å². The minimum Gasteiger partial charge on any atom is -0.480 e. The van der Waals surface area contributed by atoms with Gasteiger partial charge >= 0.3 is 5.97 Å². The molecule has 0 heterocycles. The Hall–Kier alpha value is -0.650. The number of nitrogens with zero attached hydrogens (tertiary/aromatic N) is 1. The van der Waals surface area contributed by atoms with E-state index in [4.69, 9.17) is 4.74 Å². The number of hydrogen-bond acceptors (Lipinski definition) is 4. The van der Waals surface area contributed by atoms with E-state index in [2.05, 4.69) is 17.1 Å². The summed E-state index contributed by atoms with van der Waals surface area (Å²) in [6, 6.07) is 0.326. The molecule has 1 saturated carbocycles. The molecule has 1 rings (SSSR count).